The number of rotatable bonds is 5. The molecule has 0 bridgehead atoms. The lowest BCUT2D eigenvalue weighted by Crippen LogP contribution is -2.07. The van der Waals surface area contributed by atoms with Crippen molar-refractivity contribution < 1.29 is 4.79 Å². The first-order valence-electron chi connectivity index (χ1n) is 8.88. The Labute approximate surface area is 162 Å². The number of aromatic nitrogens is 3. The summed E-state index contributed by atoms with van der Waals surface area (Å²) >= 11 is 0. The first-order chi connectivity index (χ1) is 13.7. The van der Waals surface area contributed by atoms with Crippen LogP contribution >= 0.6 is 0 Å². The van der Waals surface area contributed by atoms with E-state index in [0.717, 1.165) is 28.6 Å². The Morgan fingerprint density at radius 1 is 1.04 bits per heavy atom. The molecule has 6 heteroatoms. The van der Waals surface area contributed by atoms with Gasteiger partial charge in [0.1, 0.15) is 0 Å². The maximum absolute atomic E-state index is 12.2. The summed E-state index contributed by atoms with van der Waals surface area (Å²) in [7, 11) is 0. The predicted octanol–water partition coefficient (Wildman–Crippen LogP) is 3.78. The molecule has 0 saturated heterocycles. The standard InChI is InChI=1S/C22H19N5O/c23-22-19-14-16(3-7-20(19)26-27-22)4-8-21(28)25-18-5-1-15(2-6-18)13-17-9-11-24-12-10-17/h1-12,14H,13H2,(H,25,28)(H3,23,26,27)/b8-4+. The van der Waals surface area contributed by atoms with E-state index < -0.39 is 0 Å². The molecular formula is C22H19N5O. The second-order valence-corrected chi connectivity index (χ2v) is 6.47. The number of fused-ring (bicyclic) bond motifs is 1. The van der Waals surface area contributed by atoms with Crippen LogP contribution < -0.4 is 11.1 Å². The summed E-state index contributed by atoms with van der Waals surface area (Å²) in [6, 6.07) is 17.5. The van der Waals surface area contributed by atoms with Crippen molar-refractivity contribution in [3.8, 4) is 0 Å². The van der Waals surface area contributed by atoms with Crippen LogP contribution in [0, 0.1) is 0 Å². The van der Waals surface area contributed by atoms with Crippen LogP contribution in [0.1, 0.15) is 16.7 Å². The number of hydrogen-bond donors (Lipinski definition) is 3. The molecule has 0 fully saturated rings. The number of hydrogen-bond acceptors (Lipinski definition) is 4. The van der Waals surface area contributed by atoms with Crippen LogP contribution in [0.4, 0.5) is 11.5 Å². The molecule has 0 aliphatic heterocycles. The summed E-state index contributed by atoms with van der Waals surface area (Å²) in [5, 5.41) is 10.5. The Morgan fingerprint density at radius 3 is 2.57 bits per heavy atom. The fourth-order valence-electron chi connectivity index (χ4n) is 2.95. The number of carbonyl (C=O) groups is 1. The van der Waals surface area contributed by atoms with Crippen LogP contribution in [0.3, 0.4) is 0 Å². The SMILES string of the molecule is Nc1n[nH]c2ccc(/C=C/C(=O)Nc3ccc(Cc4ccncc4)cc3)cc12. The molecule has 0 aliphatic rings. The number of H-pyrrole nitrogens is 1. The van der Waals surface area contributed by atoms with Crippen LogP contribution in [0.15, 0.2) is 73.1 Å². The summed E-state index contributed by atoms with van der Waals surface area (Å²) in [5.41, 5.74) is 10.7. The molecule has 28 heavy (non-hydrogen) atoms. The summed E-state index contributed by atoms with van der Waals surface area (Å²) in [5.74, 6) is 0.253. The van der Waals surface area contributed by atoms with E-state index in [9.17, 15) is 4.79 Å². The summed E-state index contributed by atoms with van der Waals surface area (Å²) in [4.78, 5) is 16.2. The monoisotopic (exact) mass is 369 g/mol. The molecule has 0 atom stereocenters. The van der Waals surface area contributed by atoms with E-state index in [0.29, 0.717) is 5.82 Å². The van der Waals surface area contributed by atoms with Crippen LogP contribution in [0.25, 0.3) is 17.0 Å². The largest absolute Gasteiger partial charge is 0.382 e. The molecule has 4 rings (SSSR count). The maximum atomic E-state index is 12.2. The molecule has 4 N–H and O–H groups in total. The number of aromatic amines is 1. The lowest BCUT2D eigenvalue weighted by Gasteiger charge is -2.05. The van der Waals surface area contributed by atoms with Gasteiger partial charge in [-0.15, -0.1) is 0 Å². The normalized spacial score (nSPS) is 11.1. The van der Waals surface area contributed by atoms with E-state index in [1.54, 1.807) is 18.5 Å². The van der Waals surface area contributed by atoms with Gasteiger partial charge < -0.3 is 11.1 Å². The van der Waals surface area contributed by atoms with Gasteiger partial charge in [-0.1, -0.05) is 18.2 Å². The van der Waals surface area contributed by atoms with Gasteiger partial charge in [0, 0.05) is 29.5 Å². The first kappa shape index (κ1) is 17.5. The Balaban J connectivity index is 1.38. The number of nitrogens with one attached hydrogen (secondary N) is 2. The highest BCUT2D eigenvalue weighted by molar-refractivity contribution is 6.02. The highest BCUT2D eigenvalue weighted by Gasteiger charge is 2.03. The topological polar surface area (TPSA) is 96.7 Å². The molecule has 0 unspecified atom stereocenters. The summed E-state index contributed by atoms with van der Waals surface area (Å²) in [6.07, 6.45) is 7.65. The Bertz CT molecular complexity index is 1130. The number of nitrogen functional groups attached to an aromatic ring is 1. The number of anilines is 2. The maximum Gasteiger partial charge on any atom is 0.248 e. The van der Waals surface area contributed by atoms with Crippen molar-refractivity contribution >= 4 is 34.4 Å². The number of amides is 1. The van der Waals surface area contributed by atoms with Crippen LogP contribution in [-0.2, 0) is 11.2 Å². The molecule has 2 heterocycles. The molecule has 0 saturated carbocycles. The molecule has 2 aromatic heterocycles. The summed E-state index contributed by atoms with van der Waals surface area (Å²) in [6.45, 7) is 0. The summed E-state index contributed by atoms with van der Waals surface area (Å²) < 4.78 is 0. The zero-order valence-electron chi connectivity index (χ0n) is 15.1. The quantitative estimate of drug-likeness (QED) is 0.466. The van der Waals surface area contributed by atoms with Crippen LogP contribution in [0.5, 0.6) is 0 Å². The van der Waals surface area contributed by atoms with E-state index in [1.165, 1.54) is 17.2 Å². The molecule has 138 valence electrons. The van der Waals surface area contributed by atoms with E-state index in [2.05, 4.69) is 20.5 Å². The van der Waals surface area contributed by atoms with Crippen molar-refractivity contribution in [3.05, 3.63) is 89.8 Å². The number of nitrogens with zero attached hydrogens (tertiary/aromatic N) is 2. The lowest BCUT2D eigenvalue weighted by molar-refractivity contribution is -0.111. The molecule has 2 aromatic carbocycles. The minimum atomic E-state index is -0.192. The van der Waals surface area contributed by atoms with E-state index in [-0.39, 0.29) is 5.91 Å². The smallest absolute Gasteiger partial charge is 0.248 e. The van der Waals surface area contributed by atoms with Crippen LogP contribution in [-0.4, -0.2) is 21.1 Å². The second kappa shape index (κ2) is 7.75. The molecular weight excluding hydrogens is 350 g/mol. The highest BCUT2D eigenvalue weighted by Crippen LogP contribution is 2.20. The van der Waals surface area contributed by atoms with Crippen molar-refractivity contribution in [2.75, 3.05) is 11.1 Å². The van der Waals surface area contributed by atoms with E-state index in [1.807, 2.05) is 54.6 Å². The van der Waals surface area contributed by atoms with Crippen molar-refractivity contribution in [1.82, 2.24) is 15.2 Å². The third-order valence-corrected chi connectivity index (χ3v) is 4.42. The lowest BCUT2D eigenvalue weighted by atomic mass is 10.1. The average molecular weight is 369 g/mol. The van der Waals surface area contributed by atoms with Gasteiger partial charge in [0.25, 0.3) is 0 Å². The number of pyridine rings is 1. The van der Waals surface area contributed by atoms with Gasteiger partial charge in [-0.2, -0.15) is 5.10 Å². The van der Waals surface area contributed by atoms with Crippen molar-refractivity contribution in [3.63, 3.8) is 0 Å². The van der Waals surface area contributed by atoms with Gasteiger partial charge in [0.2, 0.25) is 5.91 Å². The average Bonchev–Trinajstić information content (AvgIpc) is 3.09. The van der Waals surface area contributed by atoms with Gasteiger partial charge in [-0.25, -0.2) is 0 Å². The number of nitrogens with two attached hydrogens (primary N) is 1. The number of benzene rings is 2. The predicted molar refractivity (Wildman–Crippen MR) is 112 cm³/mol. The van der Waals surface area contributed by atoms with Gasteiger partial charge in [0.15, 0.2) is 5.82 Å². The zero-order valence-corrected chi connectivity index (χ0v) is 15.1. The fraction of sp³-hybridized carbons (Fsp3) is 0.0455. The fourth-order valence-corrected chi connectivity index (χ4v) is 2.95. The molecule has 4 aromatic rings. The van der Waals surface area contributed by atoms with Crippen LogP contribution in [0.2, 0.25) is 0 Å². The van der Waals surface area contributed by atoms with Crippen molar-refractivity contribution in [1.29, 1.82) is 0 Å². The van der Waals surface area contributed by atoms with E-state index >= 15 is 0 Å². The molecule has 0 aliphatic carbocycles. The third-order valence-electron chi connectivity index (χ3n) is 4.42. The van der Waals surface area contributed by atoms with Crippen molar-refractivity contribution in [2.24, 2.45) is 0 Å². The van der Waals surface area contributed by atoms with Gasteiger partial charge in [-0.3, -0.25) is 14.9 Å². The Hall–Kier alpha value is -3.93. The second-order valence-electron chi connectivity index (χ2n) is 6.47. The van der Waals surface area contributed by atoms with E-state index in [4.69, 9.17) is 5.73 Å². The zero-order chi connectivity index (χ0) is 19.3. The Kier molecular flexibility index (Phi) is 4.84. The Morgan fingerprint density at radius 2 is 1.79 bits per heavy atom. The molecule has 6 nitrogen and oxygen atoms in total. The molecule has 1 amide bonds. The molecule has 0 radical (unpaired) electrons. The van der Waals surface area contributed by atoms with Gasteiger partial charge >= 0.3 is 0 Å². The van der Waals surface area contributed by atoms with Gasteiger partial charge in [0.05, 0.1) is 5.52 Å². The minimum absolute atomic E-state index is 0.192. The highest BCUT2D eigenvalue weighted by atomic mass is 16.1. The van der Waals surface area contributed by atoms with Crippen molar-refractivity contribution in [2.45, 2.75) is 6.42 Å². The van der Waals surface area contributed by atoms with Gasteiger partial charge in [-0.05, 0) is 65.6 Å². The minimum Gasteiger partial charge on any atom is -0.382 e. The first-order valence-corrected chi connectivity index (χ1v) is 8.88. The number of carbonyl (C=O) groups excluding carboxylic acids is 1. The third kappa shape index (κ3) is 4.07. The molecule has 0 spiro atoms.